The zero-order valence-electron chi connectivity index (χ0n) is 16.8. The highest BCUT2D eigenvalue weighted by atomic mass is 35.5. The molecule has 1 aromatic rings. The van der Waals surface area contributed by atoms with Gasteiger partial charge in [0.1, 0.15) is 23.7 Å². The Morgan fingerprint density at radius 3 is 2.77 bits per heavy atom. The number of ether oxygens (including phenoxy) is 4. The van der Waals surface area contributed by atoms with E-state index in [9.17, 15) is 9.59 Å². The predicted octanol–water partition coefficient (Wildman–Crippen LogP) is 2.39. The Morgan fingerprint density at radius 2 is 2.23 bits per heavy atom. The van der Waals surface area contributed by atoms with Gasteiger partial charge >= 0.3 is 11.9 Å². The topological polar surface area (TPSA) is 120 Å². The van der Waals surface area contributed by atoms with Gasteiger partial charge < -0.3 is 18.9 Å². The second-order valence-electron chi connectivity index (χ2n) is 6.55. The molecule has 2 rings (SSSR count). The van der Waals surface area contributed by atoms with Crippen LogP contribution in [0.25, 0.3) is 0 Å². The number of halogens is 1. The van der Waals surface area contributed by atoms with E-state index in [0.717, 1.165) is 0 Å². The number of esters is 2. The van der Waals surface area contributed by atoms with Crippen molar-refractivity contribution in [3.8, 4) is 6.07 Å². The first-order valence-corrected chi connectivity index (χ1v) is 10.1. The van der Waals surface area contributed by atoms with E-state index >= 15 is 0 Å². The molecular weight excluding hydrogens is 434 g/mol. The number of aromatic nitrogens is 1. The molecule has 0 N–H and O–H groups in total. The minimum absolute atomic E-state index is 0.111. The van der Waals surface area contributed by atoms with Crippen molar-refractivity contribution in [2.75, 3.05) is 20.3 Å². The smallest absolute Gasteiger partial charge is 0.303 e. The molecular formula is C19H22ClN3O6S. The zero-order valence-corrected chi connectivity index (χ0v) is 18.4. The summed E-state index contributed by atoms with van der Waals surface area (Å²) in [7, 11) is 1.52. The van der Waals surface area contributed by atoms with Crippen LogP contribution in [-0.4, -0.2) is 67.1 Å². The SMILES string of the molecule is C=NC1CC(COC)(Sc2cnc(C#N)c(Cl)c2)OC(COC(C)=O)[C@@H]1OC(C)=O. The van der Waals surface area contributed by atoms with E-state index < -0.39 is 35.1 Å². The fourth-order valence-electron chi connectivity index (χ4n) is 3.10. The van der Waals surface area contributed by atoms with E-state index in [-0.39, 0.29) is 23.9 Å². The van der Waals surface area contributed by atoms with Crippen LogP contribution >= 0.6 is 23.4 Å². The van der Waals surface area contributed by atoms with Crippen molar-refractivity contribution in [3.05, 3.63) is 23.0 Å². The molecule has 1 saturated heterocycles. The molecule has 1 fully saturated rings. The number of nitrogens with zero attached hydrogens (tertiary/aromatic N) is 3. The molecule has 0 bridgehead atoms. The lowest BCUT2D eigenvalue weighted by Gasteiger charge is -2.45. The number of nitriles is 1. The maximum Gasteiger partial charge on any atom is 0.303 e. The Bertz CT molecular complexity index is 848. The molecule has 0 amide bonds. The predicted molar refractivity (Wildman–Crippen MR) is 109 cm³/mol. The van der Waals surface area contributed by atoms with Gasteiger partial charge in [-0.05, 0) is 12.8 Å². The molecule has 0 aliphatic carbocycles. The molecule has 30 heavy (non-hydrogen) atoms. The van der Waals surface area contributed by atoms with Gasteiger partial charge in [-0.25, -0.2) is 4.98 Å². The van der Waals surface area contributed by atoms with E-state index in [1.807, 2.05) is 6.07 Å². The van der Waals surface area contributed by atoms with Gasteiger partial charge in [0.25, 0.3) is 0 Å². The normalized spacial score (nSPS) is 25.8. The lowest BCUT2D eigenvalue weighted by atomic mass is 9.95. The van der Waals surface area contributed by atoms with E-state index in [1.165, 1.54) is 38.9 Å². The highest BCUT2D eigenvalue weighted by Gasteiger charge is 2.50. The van der Waals surface area contributed by atoms with Crippen LogP contribution in [0.5, 0.6) is 0 Å². The van der Waals surface area contributed by atoms with Gasteiger partial charge in [0.15, 0.2) is 11.8 Å². The second-order valence-corrected chi connectivity index (χ2v) is 8.37. The zero-order chi connectivity index (χ0) is 22.3. The lowest BCUT2D eigenvalue weighted by molar-refractivity contribution is -0.197. The third-order valence-corrected chi connectivity index (χ3v) is 5.71. The summed E-state index contributed by atoms with van der Waals surface area (Å²) in [5, 5.41) is 9.23. The number of pyridine rings is 1. The van der Waals surface area contributed by atoms with Crippen LogP contribution in [0.1, 0.15) is 26.0 Å². The minimum atomic E-state index is -0.985. The first kappa shape index (κ1) is 24.1. The maximum absolute atomic E-state index is 11.6. The van der Waals surface area contributed by atoms with Crippen LogP contribution in [0.4, 0.5) is 0 Å². The maximum atomic E-state index is 11.6. The summed E-state index contributed by atoms with van der Waals surface area (Å²) < 4.78 is 22.2. The molecule has 0 aromatic carbocycles. The average molecular weight is 456 g/mol. The summed E-state index contributed by atoms with van der Waals surface area (Å²) in [5.41, 5.74) is 0.111. The van der Waals surface area contributed by atoms with Gasteiger partial charge in [-0.3, -0.25) is 14.6 Å². The van der Waals surface area contributed by atoms with Gasteiger partial charge in [-0.15, -0.1) is 0 Å². The summed E-state index contributed by atoms with van der Waals surface area (Å²) in [6, 6.07) is 2.98. The Kier molecular flexibility index (Phi) is 8.61. The standard InChI is InChI=1S/C19H22ClN3O6S/c1-11(24)27-9-17-18(28-12(2)25)15(22-3)6-19(29-17,10-26-4)30-13-5-14(20)16(7-21)23-8-13/h5,8,15,17-18H,3,6,9-10H2,1-2,4H3/t15?,17?,18-,19?/m1/s1. The van der Waals surface area contributed by atoms with Crippen LogP contribution in [0, 0.1) is 11.3 Å². The Balaban J connectivity index is 2.38. The molecule has 11 heteroatoms. The minimum Gasteiger partial charge on any atom is -0.463 e. The quantitative estimate of drug-likeness (QED) is 0.429. The summed E-state index contributed by atoms with van der Waals surface area (Å²) in [4.78, 5) is 30.8. The highest BCUT2D eigenvalue weighted by molar-refractivity contribution is 8.00. The molecule has 2 heterocycles. The van der Waals surface area contributed by atoms with Crippen molar-refractivity contribution in [1.29, 1.82) is 5.26 Å². The Morgan fingerprint density at radius 1 is 1.50 bits per heavy atom. The third-order valence-electron chi connectivity index (χ3n) is 4.21. The first-order valence-electron chi connectivity index (χ1n) is 8.91. The lowest BCUT2D eigenvalue weighted by Crippen LogP contribution is -2.57. The molecule has 1 aromatic heterocycles. The number of carbonyl (C=O) groups excluding carboxylic acids is 2. The summed E-state index contributed by atoms with van der Waals surface area (Å²) >= 11 is 7.38. The molecule has 162 valence electrons. The number of thioether (sulfide) groups is 1. The number of methoxy groups -OCH3 is 1. The van der Waals surface area contributed by atoms with E-state index in [0.29, 0.717) is 11.3 Å². The molecule has 0 spiro atoms. The number of carbonyl (C=O) groups is 2. The first-order chi connectivity index (χ1) is 14.2. The largest absolute Gasteiger partial charge is 0.463 e. The molecule has 0 radical (unpaired) electrons. The van der Waals surface area contributed by atoms with Crippen molar-refractivity contribution in [2.45, 2.75) is 48.3 Å². The van der Waals surface area contributed by atoms with Gasteiger partial charge in [0, 0.05) is 38.5 Å². The highest BCUT2D eigenvalue weighted by Crippen LogP contribution is 2.44. The fraction of sp³-hybridized carbons (Fsp3) is 0.526. The number of rotatable bonds is 8. The Hall–Kier alpha value is -2.19. The molecule has 9 nitrogen and oxygen atoms in total. The van der Waals surface area contributed by atoms with Crippen LogP contribution < -0.4 is 0 Å². The monoisotopic (exact) mass is 455 g/mol. The van der Waals surface area contributed by atoms with Crippen LogP contribution in [0.2, 0.25) is 5.02 Å². The molecule has 0 saturated carbocycles. The van der Waals surface area contributed by atoms with Crippen LogP contribution in [-0.2, 0) is 28.5 Å². The fourth-order valence-corrected chi connectivity index (χ4v) is 4.69. The summed E-state index contributed by atoms with van der Waals surface area (Å²) in [5.74, 6) is -1.01. The average Bonchev–Trinajstić information content (AvgIpc) is 2.68. The van der Waals surface area contributed by atoms with Crippen molar-refractivity contribution in [1.82, 2.24) is 4.98 Å². The van der Waals surface area contributed by atoms with Crippen molar-refractivity contribution in [3.63, 3.8) is 0 Å². The van der Waals surface area contributed by atoms with Crippen molar-refractivity contribution < 1.29 is 28.5 Å². The summed E-state index contributed by atoms with van der Waals surface area (Å²) in [6.07, 6.45) is 0.214. The van der Waals surface area contributed by atoms with Gasteiger partial charge in [-0.2, -0.15) is 5.26 Å². The summed E-state index contributed by atoms with van der Waals surface area (Å²) in [6.45, 7) is 6.17. The van der Waals surface area contributed by atoms with Crippen LogP contribution in [0.15, 0.2) is 22.2 Å². The molecule has 1 aliphatic heterocycles. The number of hydrogen-bond acceptors (Lipinski definition) is 10. The number of aliphatic imine (C=N–C) groups is 1. The number of hydrogen-bond donors (Lipinski definition) is 0. The van der Waals surface area contributed by atoms with E-state index in [4.69, 9.17) is 35.8 Å². The van der Waals surface area contributed by atoms with Gasteiger partial charge in [0.2, 0.25) is 0 Å². The van der Waals surface area contributed by atoms with Crippen molar-refractivity contribution >= 4 is 42.0 Å². The van der Waals surface area contributed by atoms with Crippen molar-refractivity contribution in [2.24, 2.45) is 4.99 Å². The van der Waals surface area contributed by atoms with Crippen LogP contribution in [0.3, 0.4) is 0 Å². The van der Waals surface area contributed by atoms with Gasteiger partial charge in [0.05, 0.1) is 17.7 Å². The third kappa shape index (κ3) is 6.15. The second kappa shape index (κ2) is 10.7. The van der Waals surface area contributed by atoms with E-state index in [2.05, 4.69) is 16.7 Å². The van der Waals surface area contributed by atoms with E-state index in [1.54, 1.807) is 6.07 Å². The van der Waals surface area contributed by atoms with Gasteiger partial charge in [-0.1, -0.05) is 23.4 Å². The molecule has 1 aliphatic rings. The molecule has 4 atom stereocenters. The Labute approximate surface area is 183 Å². The molecule has 3 unspecified atom stereocenters.